The van der Waals surface area contributed by atoms with Gasteiger partial charge in [-0.3, -0.25) is 4.21 Å². The van der Waals surface area contributed by atoms with E-state index < -0.39 is 10.8 Å². The van der Waals surface area contributed by atoms with Crippen molar-refractivity contribution in [3.05, 3.63) is 66.3 Å². The fraction of sp³-hybridized carbons (Fsp3) is 0.400. The van der Waals surface area contributed by atoms with Gasteiger partial charge in [0.25, 0.3) is 0 Å². The molecule has 1 aliphatic heterocycles. The third-order valence-corrected chi connectivity index (χ3v) is 5.55. The summed E-state index contributed by atoms with van der Waals surface area (Å²) in [6, 6.07) is 8.21. The molecule has 1 atom stereocenters. The predicted octanol–water partition coefficient (Wildman–Crippen LogP) is 4.12. The maximum atomic E-state index is 12.4. The van der Waals surface area contributed by atoms with E-state index in [0.717, 1.165) is 23.6 Å². The summed E-state index contributed by atoms with van der Waals surface area (Å²) in [5.41, 5.74) is 2.50. The second-order valence-corrected chi connectivity index (χ2v) is 7.45. The molecule has 0 aromatic heterocycles. The number of rotatable bonds is 8. The second-order valence-electron chi connectivity index (χ2n) is 5.88. The Labute approximate surface area is 143 Å². The Morgan fingerprint density at radius 1 is 1.26 bits per heavy atom. The Morgan fingerprint density at radius 2 is 1.96 bits per heavy atom. The highest BCUT2D eigenvalue weighted by Crippen LogP contribution is 2.14. The molecule has 0 saturated carbocycles. The highest BCUT2D eigenvalue weighted by atomic mass is 32.2. The first-order chi connectivity index (χ1) is 11.2. The van der Waals surface area contributed by atoms with E-state index >= 15 is 0 Å². The average Bonchev–Trinajstić information content (AvgIpc) is 3.10. The van der Waals surface area contributed by atoms with Crippen LogP contribution in [0.5, 0.6) is 0 Å². The lowest BCUT2D eigenvalue weighted by Crippen LogP contribution is -2.24. The summed E-state index contributed by atoms with van der Waals surface area (Å²) < 4.78 is 12.4. The van der Waals surface area contributed by atoms with E-state index in [4.69, 9.17) is 0 Å². The van der Waals surface area contributed by atoms with Gasteiger partial charge >= 0.3 is 0 Å². The lowest BCUT2D eigenvalue weighted by atomic mass is 10.0. The van der Waals surface area contributed by atoms with Gasteiger partial charge in [-0.1, -0.05) is 43.0 Å². The molecule has 2 rings (SSSR count). The van der Waals surface area contributed by atoms with Gasteiger partial charge in [0.05, 0.1) is 10.8 Å². The molecule has 0 radical (unpaired) electrons. The van der Waals surface area contributed by atoms with E-state index in [0.29, 0.717) is 0 Å². The molecule has 0 N–H and O–H groups in total. The maximum absolute atomic E-state index is 12.4. The Hall–Kier alpha value is -1.45. The normalized spacial score (nSPS) is 17.7. The van der Waals surface area contributed by atoms with Crippen LogP contribution < -0.4 is 0 Å². The Bertz CT molecular complexity index is 580. The van der Waals surface area contributed by atoms with Crippen LogP contribution in [0.1, 0.15) is 25.3 Å². The molecule has 2 nitrogen and oxygen atoms in total. The average molecular weight is 330 g/mol. The molecule has 1 heterocycles. The van der Waals surface area contributed by atoms with Crippen LogP contribution in [0.3, 0.4) is 0 Å². The van der Waals surface area contributed by atoms with E-state index in [-0.39, 0.29) is 0 Å². The van der Waals surface area contributed by atoms with Crippen molar-refractivity contribution in [2.45, 2.75) is 31.1 Å². The number of hydrogen-bond donors (Lipinski definition) is 0. The minimum atomic E-state index is -0.891. The van der Waals surface area contributed by atoms with Gasteiger partial charge in [0, 0.05) is 17.2 Å². The quantitative estimate of drug-likeness (QED) is 0.669. The van der Waals surface area contributed by atoms with Crippen molar-refractivity contribution in [3.8, 4) is 0 Å². The van der Waals surface area contributed by atoms with Gasteiger partial charge in [-0.2, -0.15) is 0 Å². The minimum absolute atomic E-state index is 0.738. The van der Waals surface area contributed by atoms with E-state index in [1.54, 1.807) is 6.08 Å². The zero-order chi connectivity index (χ0) is 16.5. The van der Waals surface area contributed by atoms with Crippen molar-refractivity contribution in [2.75, 3.05) is 25.4 Å². The van der Waals surface area contributed by atoms with Gasteiger partial charge in [-0.25, -0.2) is 0 Å². The summed E-state index contributed by atoms with van der Waals surface area (Å²) >= 11 is 0. The van der Waals surface area contributed by atoms with Gasteiger partial charge in [0.15, 0.2) is 0 Å². The van der Waals surface area contributed by atoms with Crippen molar-refractivity contribution in [1.29, 1.82) is 0 Å². The topological polar surface area (TPSA) is 20.3 Å². The number of benzene rings is 1. The van der Waals surface area contributed by atoms with Crippen molar-refractivity contribution in [1.82, 2.24) is 4.90 Å². The molecule has 0 bridgehead atoms. The first-order valence-corrected chi connectivity index (χ1v) is 9.69. The van der Waals surface area contributed by atoms with Crippen molar-refractivity contribution in [2.24, 2.45) is 0 Å². The third-order valence-electron chi connectivity index (χ3n) is 4.20. The predicted molar refractivity (Wildman–Crippen MR) is 100 cm³/mol. The van der Waals surface area contributed by atoms with Gasteiger partial charge in [-0.15, -0.1) is 0 Å². The lowest BCUT2D eigenvalue weighted by molar-refractivity contribution is 0.361. The van der Waals surface area contributed by atoms with Gasteiger partial charge < -0.3 is 4.90 Å². The van der Waals surface area contributed by atoms with Crippen LogP contribution in [0, 0.1) is 0 Å². The summed E-state index contributed by atoms with van der Waals surface area (Å²) in [6.45, 7) is 9.03. The number of likely N-dealkylation sites (tertiary alicyclic amines) is 1. The standard InChI is InChI=1S/C20H27NOS/c1-3-5-8-18(4-2)17-19-9-11-20(12-10-19)23(22)16-15-21-13-6-7-14-21/h3-5,8-12H,1,6-7,13-17H2,2H3/b8-5-,18-4+. The summed E-state index contributed by atoms with van der Waals surface area (Å²) in [4.78, 5) is 3.35. The first kappa shape index (κ1) is 17.9. The lowest BCUT2D eigenvalue weighted by Gasteiger charge is -2.13. The van der Waals surface area contributed by atoms with Crippen LogP contribution in [-0.2, 0) is 17.2 Å². The van der Waals surface area contributed by atoms with E-state index in [2.05, 4.69) is 35.8 Å². The summed E-state index contributed by atoms with van der Waals surface area (Å²) in [5.74, 6) is 0.738. The van der Waals surface area contributed by atoms with Gasteiger partial charge in [0.2, 0.25) is 0 Å². The largest absolute Gasteiger partial charge is 0.302 e. The smallest absolute Gasteiger partial charge is 0.0542 e. The molecule has 1 saturated heterocycles. The maximum Gasteiger partial charge on any atom is 0.0542 e. The van der Waals surface area contributed by atoms with Crippen molar-refractivity contribution >= 4 is 10.8 Å². The zero-order valence-corrected chi connectivity index (χ0v) is 14.9. The molecular formula is C20H27NOS. The van der Waals surface area contributed by atoms with Gasteiger partial charge in [0.1, 0.15) is 0 Å². The van der Waals surface area contributed by atoms with E-state index in [1.807, 2.05) is 25.1 Å². The zero-order valence-electron chi connectivity index (χ0n) is 14.0. The van der Waals surface area contributed by atoms with E-state index in [1.165, 1.54) is 37.1 Å². The summed E-state index contributed by atoms with van der Waals surface area (Å²) in [5, 5.41) is 0. The minimum Gasteiger partial charge on any atom is -0.302 e. The van der Waals surface area contributed by atoms with E-state index in [9.17, 15) is 4.21 Å². The van der Waals surface area contributed by atoms with Crippen LogP contribution in [0.2, 0.25) is 0 Å². The SMILES string of the molecule is C=C/C=C\C(=C/C)Cc1ccc(S(=O)CCN2CCCC2)cc1. The Balaban J connectivity index is 1.89. The van der Waals surface area contributed by atoms with Crippen molar-refractivity contribution < 1.29 is 4.21 Å². The van der Waals surface area contributed by atoms with Crippen LogP contribution in [0.15, 0.2) is 65.6 Å². The highest BCUT2D eigenvalue weighted by Gasteiger charge is 2.13. The fourth-order valence-corrected chi connectivity index (χ4v) is 3.88. The van der Waals surface area contributed by atoms with Crippen molar-refractivity contribution in [3.63, 3.8) is 0 Å². The highest BCUT2D eigenvalue weighted by molar-refractivity contribution is 7.85. The molecule has 3 heteroatoms. The Morgan fingerprint density at radius 3 is 2.57 bits per heavy atom. The molecule has 1 unspecified atom stereocenters. The first-order valence-electron chi connectivity index (χ1n) is 8.37. The summed E-state index contributed by atoms with van der Waals surface area (Å²) in [7, 11) is -0.891. The van der Waals surface area contributed by atoms with Crippen LogP contribution in [0.4, 0.5) is 0 Å². The third kappa shape index (κ3) is 5.92. The number of hydrogen-bond acceptors (Lipinski definition) is 2. The van der Waals surface area contributed by atoms with Crippen LogP contribution in [-0.4, -0.2) is 34.5 Å². The number of nitrogens with zero attached hydrogens (tertiary/aromatic N) is 1. The Kier molecular flexibility index (Phi) is 7.50. The number of allylic oxidation sites excluding steroid dienone is 5. The second kappa shape index (κ2) is 9.64. The van der Waals surface area contributed by atoms with Crippen LogP contribution >= 0.6 is 0 Å². The summed E-state index contributed by atoms with van der Waals surface area (Å²) in [6.07, 6.45) is 11.4. The molecule has 0 amide bonds. The van der Waals surface area contributed by atoms with Crippen LogP contribution in [0.25, 0.3) is 0 Å². The van der Waals surface area contributed by atoms with Gasteiger partial charge in [-0.05, 0) is 62.5 Å². The molecule has 1 aliphatic rings. The molecule has 124 valence electrons. The molecule has 1 aromatic rings. The molecule has 0 aliphatic carbocycles. The molecule has 1 aromatic carbocycles. The molecule has 1 fully saturated rings. The molecule has 23 heavy (non-hydrogen) atoms. The molecule has 0 spiro atoms. The fourth-order valence-electron chi connectivity index (χ4n) is 2.78. The monoisotopic (exact) mass is 329 g/mol. The molecular weight excluding hydrogens is 302 g/mol.